The van der Waals surface area contributed by atoms with Crippen molar-refractivity contribution in [3.05, 3.63) is 6.33 Å². The molecule has 16 heavy (non-hydrogen) atoms. The Balaban J connectivity index is 2.01. The summed E-state index contributed by atoms with van der Waals surface area (Å²) in [5.41, 5.74) is 5.60. The van der Waals surface area contributed by atoms with Crippen LogP contribution in [-0.2, 0) is 0 Å². The van der Waals surface area contributed by atoms with Gasteiger partial charge in [-0.05, 0) is 25.8 Å². The lowest BCUT2D eigenvalue weighted by atomic mass is 9.94. The smallest absolute Gasteiger partial charge is 0.205 e. The topological polar surface area (TPSA) is 55.0 Å². The van der Waals surface area contributed by atoms with E-state index >= 15 is 0 Å². The Morgan fingerprint density at radius 3 is 2.81 bits per heavy atom. The number of nitrogens with two attached hydrogens (primary N) is 1. The van der Waals surface area contributed by atoms with Crippen LogP contribution in [0.1, 0.15) is 38.5 Å². The van der Waals surface area contributed by atoms with Crippen molar-refractivity contribution in [1.29, 1.82) is 0 Å². The van der Waals surface area contributed by atoms with E-state index in [1.807, 2.05) is 0 Å². The van der Waals surface area contributed by atoms with Gasteiger partial charge in [-0.25, -0.2) is 4.98 Å². The molecule has 2 rings (SSSR count). The molecule has 0 aliphatic heterocycles. The molecule has 0 amide bonds. The molecule has 1 aromatic heterocycles. The molecule has 0 spiro atoms. The van der Waals surface area contributed by atoms with Gasteiger partial charge in [0.05, 0.1) is 0 Å². The Hall–Kier alpha value is -0.680. The molecule has 5 heteroatoms. The van der Waals surface area contributed by atoms with Gasteiger partial charge in [0.1, 0.15) is 6.33 Å². The molecule has 0 atom stereocenters. The van der Waals surface area contributed by atoms with Crippen molar-refractivity contribution in [2.75, 3.05) is 18.0 Å². The van der Waals surface area contributed by atoms with Gasteiger partial charge in [-0.1, -0.05) is 19.3 Å². The summed E-state index contributed by atoms with van der Waals surface area (Å²) in [5.74, 6) is 0. The van der Waals surface area contributed by atoms with E-state index in [2.05, 4.69) is 14.3 Å². The van der Waals surface area contributed by atoms with Crippen LogP contribution >= 0.6 is 11.5 Å². The molecule has 90 valence electrons. The van der Waals surface area contributed by atoms with Gasteiger partial charge >= 0.3 is 0 Å². The summed E-state index contributed by atoms with van der Waals surface area (Å²) in [5, 5.41) is 1.07. The summed E-state index contributed by atoms with van der Waals surface area (Å²) in [4.78, 5) is 6.76. The summed E-state index contributed by atoms with van der Waals surface area (Å²) >= 11 is 1.50. The Morgan fingerprint density at radius 2 is 2.19 bits per heavy atom. The zero-order valence-corrected chi connectivity index (χ0v) is 10.5. The van der Waals surface area contributed by atoms with E-state index in [0.29, 0.717) is 6.04 Å². The molecule has 1 fully saturated rings. The summed E-state index contributed by atoms with van der Waals surface area (Å²) in [6, 6.07) is 0.660. The van der Waals surface area contributed by atoms with E-state index in [1.165, 1.54) is 43.6 Å². The highest BCUT2D eigenvalue weighted by atomic mass is 32.1. The molecule has 2 N–H and O–H groups in total. The lowest BCUT2D eigenvalue weighted by molar-refractivity contribution is 0.412. The molecule has 1 heterocycles. The quantitative estimate of drug-likeness (QED) is 0.855. The van der Waals surface area contributed by atoms with Gasteiger partial charge in [0.15, 0.2) is 0 Å². The maximum absolute atomic E-state index is 5.60. The number of anilines is 1. The Morgan fingerprint density at radius 1 is 1.38 bits per heavy atom. The minimum atomic E-state index is 0.660. The fourth-order valence-corrected chi connectivity index (χ4v) is 3.01. The number of rotatable bonds is 5. The van der Waals surface area contributed by atoms with E-state index in [-0.39, 0.29) is 0 Å². The van der Waals surface area contributed by atoms with Crippen molar-refractivity contribution in [3.63, 3.8) is 0 Å². The zero-order chi connectivity index (χ0) is 11.2. The second-order valence-corrected chi connectivity index (χ2v) is 5.11. The normalized spacial score (nSPS) is 17.6. The molecule has 1 aliphatic rings. The van der Waals surface area contributed by atoms with E-state index in [0.717, 1.165) is 24.6 Å². The van der Waals surface area contributed by atoms with E-state index in [1.54, 1.807) is 6.33 Å². The Kier molecular flexibility index (Phi) is 4.54. The molecular formula is C11H20N4S. The second-order valence-electron chi connectivity index (χ2n) is 4.35. The first-order valence-electron chi connectivity index (χ1n) is 6.15. The lowest BCUT2D eigenvalue weighted by Gasteiger charge is -2.33. The molecule has 0 saturated heterocycles. The van der Waals surface area contributed by atoms with E-state index < -0.39 is 0 Å². The summed E-state index contributed by atoms with van der Waals surface area (Å²) in [7, 11) is 0. The van der Waals surface area contributed by atoms with Crippen molar-refractivity contribution >= 4 is 16.7 Å². The SMILES string of the molecule is NCCCN(c1ncns1)C1CCCCC1. The number of hydrogen-bond acceptors (Lipinski definition) is 5. The third kappa shape index (κ3) is 2.92. The summed E-state index contributed by atoms with van der Waals surface area (Å²) in [6.07, 6.45) is 9.37. The largest absolute Gasteiger partial charge is 0.344 e. The summed E-state index contributed by atoms with van der Waals surface area (Å²) in [6.45, 7) is 1.78. The predicted molar refractivity (Wildman–Crippen MR) is 67.8 cm³/mol. The van der Waals surface area contributed by atoms with Crippen molar-refractivity contribution in [3.8, 4) is 0 Å². The predicted octanol–water partition coefficient (Wildman–Crippen LogP) is 2.03. The molecule has 1 aliphatic carbocycles. The molecule has 1 aromatic rings. The van der Waals surface area contributed by atoms with Gasteiger partial charge < -0.3 is 10.6 Å². The molecule has 0 unspecified atom stereocenters. The van der Waals surface area contributed by atoms with Crippen LogP contribution in [-0.4, -0.2) is 28.5 Å². The molecule has 0 aromatic carbocycles. The first kappa shape index (κ1) is 11.8. The van der Waals surface area contributed by atoms with Gasteiger partial charge in [0, 0.05) is 24.1 Å². The van der Waals surface area contributed by atoms with Gasteiger partial charge in [-0.3, -0.25) is 0 Å². The lowest BCUT2D eigenvalue weighted by Crippen LogP contribution is -2.38. The van der Waals surface area contributed by atoms with Gasteiger partial charge in [0.25, 0.3) is 0 Å². The first-order chi connectivity index (χ1) is 7.92. The highest BCUT2D eigenvalue weighted by molar-refractivity contribution is 7.09. The van der Waals surface area contributed by atoms with Gasteiger partial charge in [-0.2, -0.15) is 4.37 Å². The third-order valence-electron chi connectivity index (χ3n) is 3.21. The van der Waals surface area contributed by atoms with Gasteiger partial charge in [-0.15, -0.1) is 0 Å². The first-order valence-corrected chi connectivity index (χ1v) is 6.92. The van der Waals surface area contributed by atoms with Crippen molar-refractivity contribution in [1.82, 2.24) is 9.36 Å². The standard InChI is InChI=1S/C11H20N4S/c12-7-4-8-15(11-13-9-14-16-11)10-5-2-1-3-6-10/h9-10H,1-8,12H2. The van der Waals surface area contributed by atoms with Crippen LogP contribution < -0.4 is 10.6 Å². The molecule has 4 nitrogen and oxygen atoms in total. The van der Waals surface area contributed by atoms with Crippen LogP contribution in [0, 0.1) is 0 Å². The average molecular weight is 240 g/mol. The Bertz CT molecular complexity index is 282. The fraction of sp³-hybridized carbons (Fsp3) is 0.818. The highest BCUT2D eigenvalue weighted by Crippen LogP contribution is 2.27. The van der Waals surface area contributed by atoms with Gasteiger partial charge in [0.2, 0.25) is 5.13 Å². The van der Waals surface area contributed by atoms with Crippen LogP contribution in [0.4, 0.5) is 5.13 Å². The molecule has 0 bridgehead atoms. The van der Waals surface area contributed by atoms with Crippen molar-refractivity contribution in [2.24, 2.45) is 5.73 Å². The molecular weight excluding hydrogens is 220 g/mol. The number of aromatic nitrogens is 2. The third-order valence-corrected chi connectivity index (χ3v) is 3.92. The van der Waals surface area contributed by atoms with Crippen LogP contribution in [0.5, 0.6) is 0 Å². The number of nitrogens with zero attached hydrogens (tertiary/aromatic N) is 3. The zero-order valence-electron chi connectivity index (χ0n) is 9.64. The maximum atomic E-state index is 5.60. The van der Waals surface area contributed by atoms with Crippen LogP contribution in [0.3, 0.4) is 0 Å². The van der Waals surface area contributed by atoms with Crippen LogP contribution in [0.25, 0.3) is 0 Å². The maximum Gasteiger partial charge on any atom is 0.205 e. The molecule has 1 saturated carbocycles. The second kappa shape index (κ2) is 6.15. The Labute approximate surface area is 101 Å². The minimum Gasteiger partial charge on any atom is -0.344 e. The number of hydrogen-bond donors (Lipinski definition) is 1. The van der Waals surface area contributed by atoms with Crippen LogP contribution in [0.15, 0.2) is 6.33 Å². The fourth-order valence-electron chi connectivity index (χ4n) is 2.38. The monoisotopic (exact) mass is 240 g/mol. The van der Waals surface area contributed by atoms with Crippen LogP contribution in [0.2, 0.25) is 0 Å². The van der Waals surface area contributed by atoms with Crippen molar-refractivity contribution in [2.45, 2.75) is 44.6 Å². The highest BCUT2D eigenvalue weighted by Gasteiger charge is 2.22. The average Bonchev–Trinajstić information content (AvgIpc) is 2.85. The van der Waals surface area contributed by atoms with E-state index in [9.17, 15) is 0 Å². The van der Waals surface area contributed by atoms with E-state index in [4.69, 9.17) is 5.73 Å². The minimum absolute atomic E-state index is 0.660. The molecule has 0 radical (unpaired) electrons. The summed E-state index contributed by atoms with van der Waals surface area (Å²) < 4.78 is 4.10. The van der Waals surface area contributed by atoms with Crippen molar-refractivity contribution < 1.29 is 0 Å².